The zero-order valence-corrected chi connectivity index (χ0v) is 12.1. The van der Waals surface area contributed by atoms with Crippen LogP contribution in [0.25, 0.3) is 0 Å². The summed E-state index contributed by atoms with van der Waals surface area (Å²) in [5, 5.41) is 3.81. The molecular weight excluding hydrogens is 224 g/mol. The van der Waals surface area contributed by atoms with Crippen LogP contribution >= 0.6 is 0 Å². The van der Waals surface area contributed by atoms with Crippen LogP contribution in [-0.4, -0.2) is 31.8 Å². The molecule has 1 saturated heterocycles. The molecule has 1 heterocycles. The second-order valence-electron chi connectivity index (χ2n) is 6.91. The van der Waals surface area contributed by atoms with Gasteiger partial charge in [-0.2, -0.15) is 0 Å². The molecule has 3 nitrogen and oxygen atoms in total. The highest BCUT2D eigenvalue weighted by atomic mass is 16.5. The van der Waals surface area contributed by atoms with E-state index >= 15 is 0 Å². The first-order valence-electron chi connectivity index (χ1n) is 7.60. The number of nitrogens with two attached hydrogens (primary N) is 1. The van der Waals surface area contributed by atoms with E-state index in [0.29, 0.717) is 5.41 Å². The lowest BCUT2D eigenvalue weighted by Gasteiger charge is -2.43. The van der Waals surface area contributed by atoms with E-state index in [2.05, 4.69) is 19.2 Å². The van der Waals surface area contributed by atoms with Crippen molar-refractivity contribution in [2.45, 2.75) is 57.9 Å². The molecule has 0 bridgehead atoms. The Bertz CT molecular complexity index is 253. The Morgan fingerprint density at radius 1 is 1.17 bits per heavy atom. The van der Waals surface area contributed by atoms with Crippen LogP contribution in [-0.2, 0) is 4.74 Å². The fraction of sp³-hybridized carbons (Fsp3) is 1.00. The Morgan fingerprint density at radius 2 is 1.78 bits per heavy atom. The van der Waals surface area contributed by atoms with Gasteiger partial charge in [-0.15, -0.1) is 0 Å². The lowest BCUT2D eigenvalue weighted by Crippen LogP contribution is -2.53. The number of ether oxygens (including phenoxy) is 1. The third-order valence-corrected chi connectivity index (χ3v) is 5.25. The summed E-state index contributed by atoms with van der Waals surface area (Å²) in [5.41, 5.74) is 6.70. The van der Waals surface area contributed by atoms with Gasteiger partial charge in [0.2, 0.25) is 0 Å². The predicted octanol–water partition coefficient (Wildman–Crippen LogP) is 2.30. The van der Waals surface area contributed by atoms with Gasteiger partial charge in [0.1, 0.15) is 0 Å². The molecule has 106 valence electrons. The van der Waals surface area contributed by atoms with Crippen LogP contribution in [0, 0.1) is 11.3 Å². The highest BCUT2D eigenvalue weighted by Gasteiger charge is 2.35. The number of nitrogens with one attached hydrogen (secondary N) is 1. The second kappa shape index (κ2) is 5.89. The lowest BCUT2D eigenvalue weighted by atomic mass is 9.70. The topological polar surface area (TPSA) is 47.3 Å². The van der Waals surface area contributed by atoms with Crippen molar-refractivity contribution in [1.82, 2.24) is 5.32 Å². The summed E-state index contributed by atoms with van der Waals surface area (Å²) in [6, 6.07) is 0. The second-order valence-corrected chi connectivity index (χ2v) is 6.91. The molecule has 3 heteroatoms. The van der Waals surface area contributed by atoms with Crippen LogP contribution in [0.3, 0.4) is 0 Å². The fourth-order valence-corrected chi connectivity index (χ4v) is 3.23. The first kappa shape index (κ1) is 14.3. The molecule has 18 heavy (non-hydrogen) atoms. The van der Waals surface area contributed by atoms with E-state index in [9.17, 15) is 0 Å². The Morgan fingerprint density at radius 3 is 2.33 bits per heavy atom. The highest BCUT2D eigenvalue weighted by molar-refractivity contribution is 4.92. The number of hydrogen-bond donors (Lipinski definition) is 2. The van der Waals surface area contributed by atoms with Gasteiger partial charge < -0.3 is 15.8 Å². The van der Waals surface area contributed by atoms with Gasteiger partial charge in [-0.1, -0.05) is 19.8 Å². The molecule has 3 N–H and O–H groups in total. The maximum absolute atomic E-state index is 6.08. The van der Waals surface area contributed by atoms with Crippen LogP contribution in [0.15, 0.2) is 0 Å². The van der Waals surface area contributed by atoms with Gasteiger partial charge in [0.05, 0.1) is 0 Å². The first-order valence-corrected chi connectivity index (χ1v) is 7.60. The average molecular weight is 254 g/mol. The van der Waals surface area contributed by atoms with E-state index in [1.54, 1.807) is 0 Å². The molecule has 2 aliphatic rings. The van der Waals surface area contributed by atoms with E-state index < -0.39 is 0 Å². The van der Waals surface area contributed by atoms with Crippen LogP contribution in [0.5, 0.6) is 0 Å². The average Bonchev–Trinajstić information content (AvgIpc) is 2.40. The van der Waals surface area contributed by atoms with Crippen LogP contribution in [0.1, 0.15) is 52.4 Å². The fourth-order valence-electron chi connectivity index (χ4n) is 3.23. The summed E-state index contributed by atoms with van der Waals surface area (Å²) >= 11 is 0. The smallest absolute Gasteiger partial charge is 0.0483 e. The molecular formula is C15H30N2O. The van der Waals surface area contributed by atoms with Gasteiger partial charge in [0.15, 0.2) is 0 Å². The van der Waals surface area contributed by atoms with Crippen molar-refractivity contribution in [1.29, 1.82) is 0 Å². The van der Waals surface area contributed by atoms with Crippen molar-refractivity contribution in [3.8, 4) is 0 Å². The van der Waals surface area contributed by atoms with Gasteiger partial charge in [-0.05, 0) is 50.5 Å². The molecule has 2 fully saturated rings. The maximum Gasteiger partial charge on any atom is 0.0483 e. The van der Waals surface area contributed by atoms with E-state index in [4.69, 9.17) is 10.5 Å². The first-order chi connectivity index (χ1) is 8.58. The van der Waals surface area contributed by atoms with Gasteiger partial charge in [-0.3, -0.25) is 0 Å². The lowest BCUT2D eigenvalue weighted by molar-refractivity contribution is 0.0362. The predicted molar refractivity (Wildman–Crippen MR) is 75.6 cm³/mol. The third-order valence-electron chi connectivity index (χ3n) is 5.25. The zero-order valence-electron chi connectivity index (χ0n) is 12.1. The van der Waals surface area contributed by atoms with Crippen molar-refractivity contribution in [3.63, 3.8) is 0 Å². The summed E-state index contributed by atoms with van der Waals surface area (Å²) in [6.07, 6.45) is 7.54. The molecule has 0 aromatic rings. The van der Waals surface area contributed by atoms with Crippen LogP contribution in [0.2, 0.25) is 0 Å². The zero-order chi connectivity index (χ0) is 13.1. The summed E-state index contributed by atoms with van der Waals surface area (Å²) in [7, 11) is 0. The highest BCUT2D eigenvalue weighted by Crippen LogP contribution is 2.38. The van der Waals surface area contributed by atoms with Crippen LogP contribution in [0.4, 0.5) is 0 Å². The Balaban J connectivity index is 1.86. The largest absolute Gasteiger partial charge is 0.381 e. The van der Waals surface area contributed by atoms with Gasteiger partial charge in [-0.25, -0.2) is 0 Å². The van der Waals surface area contributed by atoms with E-state index in [1.807, 2.05) is 0 Å². The summed E-state index contributed by atoms with van der Waals surface area (Å²) in [5.74, 6) is 0.892. The van der Waals surface area contributed by atoms with Crippen molar-refractivity contribution in [3.05, 3.63) is 0 Å². The van der Waals surface area contributed by atoms with Crippen molar-refractivity contribution >= 4 is 0 Å². The van der Waals surface area contributed by atoms with Gasteiger partial charge in [0, 0.05) is 25.3 Å². The number of hydrogen-bond acceptors (Lipinski definition) is 3. The third kappa shape index (κ3) is 3.46. The molecule has 0 spiro atoms. The van der Waals surface area contributed by atoms with E-state index in [0.717, 1.165) is 45.1 Å². The molecule has 0 unspecified atom stereocenters. The Hall–Kier alpha value is -0.120. The quantitative estimate of drug-likeness (QED) is 0.809. The van der Waals surface area contributed by atoms with E-state index in [-0.39, 0.29) is 5.54 Å². The molecule has 0 aromatic heterocycles. The van der Waals surface area contributed by atoms with E-state index in [1.165, 1.54) is 25.7 Å². The maximum atomic E-state index is 6.08. The normalized spacial score (nSPS) is 36.5. The molecule has 1 saturated carbocycles. The van der Waals surface area contributed by atoms with Crippen molar-refractivity contribution in [2.75, 3.05) is 26.3 Å². The summed E-state index contributed by atoms with van der Waals surface area (Å²) < 4.78 is 5.46. The van der Waals surface area contributed by atoms with Crippen molar-refractivity contribution < 1.29 is 4.74 Å². The Kier molecular flexibility index (Phi) is 4.68. The molecule has 2 rings (SSSR count). The minimum Gasteiger partial charge on any atom is -0.381 e. The molecule has 0 radical (unpaired) electrons. The number of rotatable bonds is 4. The molecule has 0 amide bonds. The molecule has 1 aliphatic heterocycles. The standard InChI is InChI=1S/C15H30N2O/c1-13-3-5-15(11-16,6-4-13)12-17-14(2)7-9-18-10-8-14/h13,17H,3-12,16H2,1-2H3. The van der Waals surface area contributed by atoms with Crippen LogP contribution < -0.4 is 11.1 Å². The summed E-state index contributed by atoms with van der Waals surface area (Å²) in [6.45, 7) is 8.43. The van der Waals surface area contributed by atoms with Gasteiger partial charge >= 0.3 is 0 Å². The SMILES string of the molecule is CC1CCC(CN)(CNC2(C)CCOCC2)CC1. The molecule has 0 atom stereocenters. The monoisotopic (exact) mass is 254 g/mol. The minimum atomic E-state index is 0.267. The minimum absolute atomic E-state index is 0.267. The summed E-state index contributed by atoms with van der Waals surface area (Å²) in [4.78, 5) is 0. The molecule has 0 aromatic carbocycles. The Labute approximate surface area is 112 Å². The molecule has 1 aliphatic carbocycles. The van der Waals surface area contributed by atoms with Gasteiger partial charge in [0.25, 0.3) is 0 Å². The van der Waals surface area contributed by atoms with Crippen molar-refractivity contribution in [2.24, 2.45) is 17.1 Å².